The zero-order valence-corrected chi connectivity index (χ0v) is 7.00. The second kappa shape index (κ2) is 3.32. The summed E-state index contributed by atoms with van der Waals surface area (Å²) >= 11 is 0. The van der Waals surface area contributed by atoms with E-state index in [4.69, 9.17) is 15.2 Å². The highest BCUT2D eigenvalue weighted by atomic mass is 19.1. The summed E-state index contributed by atoms with van der Waals surface area (Å²) in [5, 5.41) is 0. The van der Waals surface area contributed by atoms with Gasteiger partial charge in [-0.05, 0) is 18.2 Å². The minimum Gasteiger partial charge on any atom is -0.399 e. The number of halogens is 1. The van der Waals surface area contributed by atoms with Crippen LogP contribution in [0.1, 0.15) is 11.9 Å². The van der Waals surface area contributed by atoms with Gasteiger partial charge in [0.1, 0.15) is 5.82 Å². The molecule has 2 N–H and O–H groups in total. The summed E-state index contributed by atoms with van der Waals surface area (Å²) in [4.78, 5) is 0. The molecule has 0 amide bonds. The van der Waals surface area contributed by atoms with E-state index in [0.29, 0.717) is 24.5 Å². The van der Waals surface area contributed by atoms with Crippen LogP contribution in [0.25, 0.3) is 0 Å². The Kier molecular flexibility index (Phi) is 2.16. The van der Waals surface area contributed by atoms with Crippen LogP contribution in [0.2, 0.25) is 0 Å². The summed E-state index contributed by atoms with van der Waals surface area (Å²) in [7, 11) is 0. The summed E-state index contributed by atoms with van der Waals surface area (Å²) in [6.07, 6.45) is -0.594. The second-order valence-corrected chi connectivity index (χ2v) is 2.85. The van der Waals surface area contributed by atoms with Crippen LogP contribution >= 0.6 is 0 Å². The minimum absolute atomic E-state index is 0.346. The van der Waals surface area contributed by atoms with E-state index in [0.717, 1.165) is 0 Å². The summed E-state index contributed by atoms with van der Waals surface area (Å²) in [6.45, 7) is 0.998. The van der Waals surface area contributed by atoms with Gasteiger partial charge in [-0.3, -0.25) is 0 Å². The van der Waals surface area contributed by atoms with Gasteiger partial charge in [0.15, 0.2) is 6.29 Å². The molecule has 0 atom stereocenters. The SMILES string of the molecule is Nc1ccc(F)c(C2OCCO2)c1. The lowest BCUT2D eigenvalue weighted by molar-refractivity contribution is -0.0464. The highest BCUT2D eigenvalue weighted by molar-refractivity contribution is 5.41. The molecule has 1 aromatic carbocycles. The molecule has 2 rings (SSSR count). The molecule has 1 aromatic rings. The van der Waals surface area contributed by atoms with Gasteiger partial charge in [0.25, 0.3) is 0 Å². The molecule has 1 saturated heterocycles. The van der Waals surface area contributed by atoms with E-state index in [2.05, 4.69) is 0 Å². The van der Waals surface area contributed by atoms with E-state index in [-0.39, 0.29) is 5.82 Å². The van der Waals surface area contributed by atoms with E-state index in [1.807, 2.05) is 0 Å². The molecule has 0 aliphatic carbocycles. The van der Waals surface area contributed by atoms with Gasteiger partial charge in [-0.1, -0.05) is 0 Å². The Morgan fingerprint density at radius 2 is 2.00 bits per heavy atom. The van der Waals surface area contributed by atoms with Crippen LogP contribution in [0.15, 0.2) is 18.2 Å². The summed E-state index contributed by atoms with van der Waals surface area (Å²) in [6, 6.07) is 4.36. The fourth-order valence-corrected chi connectivity index (χ4v) is 1.28. The quantitative estimate of drug-likeness (QED) is 0.670. The summed E-state index contributed by atoms with van der Waals surface area (Å²) in [5.74, 6) is -0.346. The molecule has 0 spiro atoms. The van der Waals surface area contributed by atoms with Crippen LogP contribution in [-0.2, 0) is 9.47 Å². The fourth-order valence-electron chi connectivity index (χ4n) is 1.28. The van der Waals surface area contributed by atoms with Gasteiger partial charge in [-0.25, -0.2) is 4.39 Å². The molecule has 0 bridgehead atoms. The largest absolute Gasteiger partial charge is 0.399 e. The molecule has 0 aromatic heterocycles. The molecular weight excluding hydrogens is 173 g/mol. The molecule has 1 heterocycles. The highest BCUT2D eigenvalue weighted by Gasteiger charge is 2.21. The normalized spacial score (nSPS) is 17.9. The molecule has 1 aliphatic rings. The van der Waals surface area contributed by atoms with Crippen molar-refractivity contribution in [2.45, 2.75) is 6.29 Å². The predicted molar refractivity (Wildman–Crippen MR) is 45.5 cm³/mol. The van der Waals surface area contributed by atoms with Gasteiger partial charge in [-0.2, -0.15) is 0 Å². The topological polar surface area (TPSA) is 44.5 Å². The first-order valence-electron chi connectivity index (χ1n) is 4.05. The van der Waals surface area contributed by atoms with Gasteiger partial charge in [0.05, 0.1) is 13.2 Å². The van der Waals surface area contributed by atoms with Crippen molar-refractivity contribution in [2.75, 3.05) is 18.9 Å². The maximum atomic E-state index is 13.2. The van der Waals surface area contributed by atoms with Crippen LogP contribution in [-0.4, -0.2) is 13.2 Å². The van der Waals surface area contributed by atoms with E-state index in [1.165, 1.54) is 18.2 Å². The number of hydrogen-bond donors (Lipinski definition) is 1. The van der Waals surface area contributed by atoms with E-state index < -0.39 is 6.29 Å². The zero-order chi connectivity index (χ0) is 9.26. The standard InChI is InChI=1S/C9H10FNO2/c10-8-2-1-6(11)5-7(8)9-12-3-4-13-9/h1-2,5,9H,3-4,11H2. The summed E-state index contributed by atoms with van der Waals surface area (Å²) in [5.41, 5.74) is 6.40. The van der Waals surface area contributed by atoms with E-state index in [1.54, 1.807) is 0 Å². The van der Waals surface area contributed by atoms with Gasteiger partial charge in [0, 0.05) is 11.3 Å². The molecule has 1 aliphatic heterocycles. The van der Waals surface area contributed by atoms with Crippen molar-refractivity contribution in [1.82, 2.24) is 0 Å². The van der Waals surface area contributed by atoms with Crippen LogP contribution in [0.5, 0.6) is 0 Å². The first kappa shape index (κ1) is 8.47. The van der Waals surface area contributed by atoms with Crippen LogP contribution in [0, 0.1) is 5.82 Å². The van der Waals surface area contributed by atoms with Gasteiger partial charge < -0.3 is 15.2 Å². The Morgan fingerprint density at radius 3 is 2.69 bits per heavy atom. The van der Waals surface area contributed by atoms with E-state index >= 15 is 0 Å². The van der Waals surface area contributed by atoms with Gasteiger partial charge in [-0.15, -0.1) is 0 Å². The lowest BCUT2D eigenvalue weighted by atomic mass is 10.2. The average molecular weight is 183 g/mol. The number of nitrogen functional groups attached to an aromatic ring is 1. The Balaban J connectivity index is 2.32. The Hall–Kier alpha value is -1.13. The van der Waals surface area contributed by atoms with Crippen molar-refractivity contribution in [3.05, 3.63) is 29.6 Å². The number of nitrogens with two attached hydrogens (primary N) is 1. The van der Waals surface area contributed by atoms with Crippen LogP contribution in [0.4, 0.5) is 10.1 Å². The Bertz CT molecular complexity index is 310. The number of ether oxygens (including phenoxy) is 2. The predicted octanol–water partition coefficient (Wildman–Crippen LogP) is 1.45. The number of rotatable bonds is 1. The molecule has 0 radical (unpaired) electrons. The van der Waals surface area contributed by atoms with Crippen molar-refractivity contribution in [2.24, 2.45) is 0 Å². The molecule has 13 heavy (non-hydrogen) atoms. The molecule has 70 valence electrons. The van der Waals surface area contributed by atoms with Crippen molar-refractivity contribution in [3.63, 3.8) is 0 Å². The minimum atomic E-state index is -0.594. The molecule has 0 unspecified atom stereocenters. The Labute approximate surface area is 75.3 Å². The lowest BCUT2D eigenvalue weighted by Gasteiger charge is -2.10. The van der Waals surface area contributed by atoms with Gasteiger partial charge in [0.2, 0.25) is 0 Å². The summed E-state index contributed by atoms with van der Waals surface area (Å²) < 4.78 is 23.5. The smallest absolute Gasteiger partial charge is 0.186 e. The molecule has 3 nitrogen and oxygen atoms in total. The maximum absolute atomic E-state index is 13.2. The highest BCUT2D eigenvalue weighted by Crippen LogP contribution is 2.26. The molecule has 0 saturated carbocycles. The maximum Gasteiger partial charge on any atom is 0.186 e. The zero-order valence-electron chi connectivity index (χ0n) is 7.00. The number of benzene rings is 1. The first-order valence-corrected chi connectivity index (χ1v) is 4.05. The van der Waals surface area contributed by atoms with Crippen molar-refractivity contribution < 1.29 is 13.9 Å². The fraction of sp³-hybridized carbons (Fsp3) is 0.333. The first-order chi connectivity index (χ1) is 6.27. The number of anilines is 1. The molecular formula is C9H10FNO2. The third-order valence-corrected chi connectivity index (χ3v) is 1.90. The number of hydrogen-bond acceptors (Lipinski definition) is 3. The second-order valence-electron chi connectivity index (χ2n) is 2.85. The van der Waals surface area contributed by atoms with Crippen molar-refractivity contribution >= 4 is 5.69 Å². The monoisotopic (exact) mass is 183 g/mol. The van der Waals surface area contributed by atoms with Crippen LogP contribution < -0.4 is 5.73 Å². The molecule has 4 heteroatoms. The Morgan fingerprint density at radius 1 is 1.31 bits per heavy atom. The average Bonchev–Trinajstić information content (AvgIpc) is 2.61. The van der Waals surface area contributed by atoms with Crippen molar-refractivity contribution in [1.29, 1.82) is 0 Å². The van der Waals surface area contributed by atoms with Crippen LogP contribution in [0.3, 0.4) is 0 Å². The van der Waals surface area contributed by atoms with Gasteiger partial charge >= 0.3 is 0 Å². The lowest BCUT2D eigenvalue weighted by Crippen LogP contribution is -2.02. The third-order valence-electron chi connectivity index (χ3n) is 1.90. The van der Waals surface area contributed by atoms with E-state index in [9.17, 15) is 4.39 Å². The molecule has 1 fully saturated rings. The third kappa shape index (κ3) is 1.64. The van der Waals surface area contributed by atoms with Crippen molar-refractivity contribution in [3.8, 4) is 0 Å².